The molecule has 1 N–H and O–H groups in total. The van der Waals surface area contributed by atoms with Crippen LogP contribution in [-0.2, 0) is 4.79 Å². The van der Waals surface area contributed by atoms with Gasteiger partial charge in [-0.15, -0.1) is 11.8 Å². The highest BCUT2D eigenvalue weighted by Gasteiger charge is 2.31. The molecule has 110 valence electrons. The Labute approximate surface area is 132 Å². The number of carbonyl (C=O) groups excluding carboxylic acids is 1. The molecule has 1 atom stereocenters. The second-order valence-electron chi connectivity index (χ2n) is 5.13. The highest BCUT2D eigenvalue weighted by atomic mass is 35.5. The van der Waals surface area contributed by atoms with Crippen molar-refractivity contribution in [3.63, 3.8) is 0 Å². The smallest absolute Gasteiger partial charge is 0.235 e. The molecule has 0 aliphatic carbocycles. The molecule has 0 spiro atoms. The number of likely N-dealkylation sites (tertiary alicyclic amines) is 1. The fraction of sp³-hybridized carbons (Fsp3) is 0.333. The summed E-state index contributed by atoms with van der Waals surface area (Å²) >= 11 is 7.49. The van der Waals surface area contributed by atoms with Crippen LogP contribution >= 0.6 is 23.4 Å². The minimum absolute atomic E-state index is 0.0595. The van der Waals surface area contributed by atoms with Crippen molar-refractivity contribution in [3.05, 3.63) is 35.5 Å². The number of nitrogens with zero attached hydrogens (tertiary/aromatic N) is 2. The Morgan fingerprint density at radius 1 is 1.48 bits per heavy atom. The van der Waals surface area contributed by atoms with Crippen LogP contribution in [0.1, 0.15) is 6.92 Å². The molecule has 3 rings (SSSR count). The van der Waals surface area contributed by atoms with Gasteiger partial charge in [-0.2, -0.15) is 0 Å². The van der Waals surface area contributed by atoms with Gasteiger partial charge in [0.2, 0.25) is 5.91 Å². The third-order valence-electron chi connectivity index (χ3n) is 3.49. The Hall–Kier alpha value is -1.30. The van der Waals surface area contributed by atoms with Crippen LogP contribution in [0.2, 0.25) is 5.02 Å². The van der Waals surface area contributed by atoms with Gasteiger partial charge in [0.1, 0.15) is 0 Å². The van der Waals surface area contributed by atoms with Crippen molar-refractivity contribution in [2.24, 2.45) is 0 Å². The first-order valence-electron chi connectivity index (χ1n) is 6.72. The summed E-state index contributed by atoms with van der Waals surface area (Å²) in [5.74, 6) is 0.0595. The molecule has 2 heterocycles. The maximum absolute atomic E-state index is 12.2. The fourth-order valence-corrected chi connectivity index (χ4v) is 3.57. The van der Waals surface area contributed by atoms with E-state index in [9.17, 15) is 9.90 Å². The SMILES string of the molecule is CC(Sc1ccnc2cc(Cl)ccc12)C(=O)N1CC(O)C1. The van der Waals surface area contributed by atoms with Crippen LogP contribution in [0.25, 0.3) is 10.9 Å². The Balaban J connectivity index is 1.79. The van der Waals surface area contributed by atoms with E-state index in [1.165, 1.54) is 11.8 Å². The number of thioether (sulfide) groups is 1. The molecule has 1 saturated heterocycles. The van der Waals surface area contributed by atoms with Crippen molar-refractivity contribution < 1.29 is 9.90 Å². The first-order chi connectivity index (χ1) is 10.0. The first-order valence-corrected chi connectivity index (χ1v) is 7.98. The molecule has 0 radical (unpaired) electrons. The third kappa shape index (κ3) is 3.00. The lowest BCUT2D eigenvalue weighted by Crippen LogP contribution is -2.55. The normalized spacial score (nSPS) is 16.8. The minimum Gasteiger partial charge on any atom is -0.389 e. The number of aliphatic hydroxyl groups is 1. The van der Waals surface area contributed by atoms with E-state index in [1.807, 2.05) is 31.2 Å². The molecule has 4 nitrogen and oxygen atoms in total. The summed E-state index contributed by atoms with van der Waals surface area (Å²) in [5, 5.41) is 10.7. The molecule has 1 unspecified atom stereocenters. The topological polar surface area (TPSA) is 53.4 Å². The van der Waals surface area contributed by atoms with E-state index in [0.29, 0.717) is 18.1 Å². The molecule has 0 saturated carbocycles. The van der Waals surface area contributed by atoms with Crippen LogP contribution in [0.4, 0.5) is 0 Å². The zero-order valence-corrected chi connectivity index (χ0v) is 13.1. The van der Waals surface area contributed by atoms with Crippen LogP contribution in [0.3, 0.4) is 0 Å². The Morgan fingerprint density at radius 3 is 2.95 bits per heavy atom. The van der Waals surface area contributed by atoms with E-state index >= 15 is 0 Å². The van der Waals surface area contributed by atoms with E-state index in [4.69, 9.17) is 11.6 Å². The Bertz CT molecular complexity index is 688. The predicted molar refractivity (Wildman–Crippen MR) is 84.7 cm³/mol. The average molecular weight is 323 g/mol. The highest BCUT2D eigenvalue weighted by Crippen LogP contribution is 2.32. The van der Waals surface area contributed by atoms with Gasteiger partial charge < -0.3 is 10.0 Å². The number of fused-ring (bicyclic) bond motifs is 1. The molecular weight excluding hydrogens is 308 g/mol. The molecule has 6 heteroatoms. The predicted octanol–water partition coefficient (Wildman–Crippen LogP) is 2.57. The number of carbonyl (C=O) groups is 1. The zero-order valence-electron chi connectivity index (χ0n) is 11.5. The van der Waals surface area contributed by atoms with Crippen molar-refractivity contribution in [3.8, 4) is 0 Å². The number of benzene rings is 1. The monoisotopic (exact) mass is 322 g/mol. The van der Waals surface area contributed by atoms with E-state index in [1.54, 1.807) is 11.1 Å². The van der Waals surface area contributed by atoms with Gasteiger partial charge in [-0.05, 0) is 25.1 Å². The lowest BCUT2D eigenvalue weighted by molar-refractivity contribution is -0.140. The van der Waals surface area contributed by atoms with Crippen molar-refractivity contribution in [1.29, 1.82) is 0 Å². The van der Waals surface area contributed by atoms with Crippen molar-refractivity contribution in [1.82, 2.24) is 9.88 Å². The van der Waals surface area contributed by atoms with E-state index in [0.717, 1.165) is 15.8 Å². The van der Waals surface area contributed by atoms with Gasteiger partial charge in [-0.25, -0.2) is 0 Å². The molecule has 1 aliphatic rings. The molecule has 1 fully saturated rings. The maximum Gasteiger partial charge on any atom is 0.235 e. The van der Waals surface area contributed by atoms with Crippen LogP contribution < -0.4 is 0 Å². The third-order valence-corrected chi connectivity index (χ3v) is 4.89. The van der Waals surface area contributed by atoms with Crippen molar-refractivity contribution >= 4 is 40.2 Å². The van der Waals surface area contributed by atoms with Crippen LogP contribution in [0.15, 0.2) is 35.4 Å². The molecule has 1 amide bonds. The minimum atomic E-state index is -0.366. The Morgan fingerprint density at radius 2 is 2.24 bits per heavy atom. The van der Waals surface area contributed by atoms with Gasteiger partial charge in [-0.3, -0.25) is 9.78 Å². The van der Waals surface area contributed by atoms with Gasteiger partial charge >= 0.3 is 0 Å². The summed E-state index contributed by atoms with van der Waals surface area (Å²) in [7, 11) is 0. The van der Waals surface area contributed by atoms with Crippen molar-refractivity contribution in [2.75, 3.05) is 13.1 Å². The van der Waals surface area contributed by atoms with Gasteiger partial charge in [0.05, 0.1) is 16.9 Å². The lowest BCUT2D eigenvalue weighted by Gasteiger charge is -2.37. The van der Waals surface area contributed by atoms with Gasteiger partial charge in [0.25, 0.3) is 0 Å². The second-order valence-corrected chi connectivity index (χ2v) is 6.95. The molecule has 1 aromatic carbocycles. The number of halogens is 1. The highest BCUT2D eigenvalue weighted by molar-refractivity contribution is 8.00. The summed E-state index contributed by atoms with van der Waals surface area (Å²) in [6.45, 7) is 2.77. The quantitative estimate of drug-likeness (QED) is 0.882. The van der Waals surface area contributed by atoms with Crippen LogP contribution in [-0.4, -0.2) is 45.3 Å². The molecule has 21 heavy (non-hydrogen) atoms. The van der Waals surface area contributed by atoms with E-state index in [2.05, 4.69) is 4.98 Å². The summed E-state index contributed by atoms with van der Waals surface area (Å²) < 4.78 is 0. The number of hydrogen-bond donors (Lipinski definition) is 1. The number of aliphatic hydroxyl groups excluding tert-OH is 1. The van der Waals surface area contributed by atoms with Crippen LogP contribution in [0, 0.1) is 0 Å². The summed E-state index contributed by atoms with van der Waals surface area (Å²) in [5.41, 5.74) is 0.825. The maximum atomic E-state index is 12.2. The largest absolute Gasteiger partial charge is 0.389 e. The van der Waals surface area contributed by atoms with Gasteiger partial charge in [-0.1, -0.05) is 17.7 Å². The lowest BCUT2D eigenvalue weighted by atomic mass is 10.1. The number of β-amino-alcohol motifs (C(OH)–C–C–N with tert-alkyl or cyclic N) is 1. The summed E-state index contributed by atoms with van der Waals surface area (Å²) in [6, 6.07) is 7.49. The number of amides is 1. The molecular formula is C15H15ClN2O2S. The van der Waals surface area contributed by atoms with Crippen molar-refractivity contribution in [2.45, 2.75) is 23.2 Å². The first kappa shape index (κ1) is 14.6. The molecule has 0 bridgehead atoms. The van der Waals surface area contributed by atoms with Gasteiger partial charge in [0.15, 0.2) is 0 Å². The number of hydrogen-bond acceptors (Lipinski definition) is 4. The van der Waals surface area contributed by atoms with E-state index in [-0.39, 0.29) is 17.3 Å². The van der Waals surface area contributed by atoms with E-state index < -0.39 is 0 Å². The van der Waals surface area contributed by atoms with Crippen LogP contribution in [0.5, 0.6) is 0 Å². The summed E-state index contributed by atoms with van der Waals surface area (Å²) in [4.78, 5) is 19.2. The Kier molecular flexibility index (Phi) is 4.06. The number of aromatic nitrogens is 1. The van der Waals surface area contributed by atoms with Gasteiger partial charge in [0, 0.05) is 34.6 Å². The number of pyridine rings is 1. The molecule has 1 aliphatic heterocycles. The zero-order chi connectivity index (χ0) is 15.0. The second kappa shape index (κ2) is 5.83. The molecule has 1 aromatic heterocycles. The summed E-state index contributed by atoms with van der Waals surface area (Å²) in [6.07, 6.45) is 1.36. The number of rotatable bonds is 3. The average Bonchev–Trinajstić information content (AvgIpc) is 2.43. The standard InChI is InChI=1S/C15H15ClN2O2S/c1-9(15(20)18-7-11(19)8-18)21-14-4-5-17-13-6-10(16)2-3-12(13)14/h2-6,9,11,19H,7-8H2,1H3. The molecule has 2 aromatic rings. The fourth-order valence-electron chi connectivity index (χ4n) is 2.33.